The molecule has 2 N–H and O–H groups in total. The molecule has 0 unspecified atom stereocenters. The Labute approximate surface area is 165 Å². The summed E-state index contributed by atoms with van der Waals surface area (Å²) in [7, 11) is 0. The number of carbonyl (C=O) groups is 1. The SMILES string of the molecule is C=C(C)CN=c1scc(-c2ccc3c(c2)NC(=O)CO3)n1N=Cc1ccc[nH]1. The number of hydrogen-bond acceptors (Lipinski definition) is 5. The fraction of sp³-hybridized carbons (Fsp3) is 0.150. The molecule has 1 amide bonds. The van der Waals surface area contributed by atoms with Gasteiger partial charge in [-0.2, -0.15) is 5.10 Å². The molecule has 2 aromatic heterocycles. The Morgan fingerprint density at radius 3 is 3.11 bits per heavy atom. The van der Waals surface area contributed by atoms with E-state index in [0.29, 0.717) is 18.0 Å². The van der Waals surface area contributed by atoms with E-state index in [-0.39, 0.29) is 12.5 Å². The number of anilines is 1. The van der Waals surface area contributed by atoms with Gasteiger partial charge in [0.05, 0.1) is 29.8 Å². The monoisotopic (exact) mass is 393 g/mol. The molecule has 0 fully saturated rings. The lowest BCUT2D eigenvalue weighted by atomic mass is 10.1. The molecule has 3 aromatic rings. The minimum absolute atomic E-state index is 0.0369. The highest BCUT2D eigenvalue weighted by molar-refractivity contribution is 7.07. The number of thiazole rings is 1. The van der Waals surface area contributed by atoms with Crippen LogP contribution in [0.4, 0.5) is 5.69 Å². The topological polar surface area (TPSA) is 83.8 Å². The summed E-state index contributed by atoms with van der Waals surface area (Å²) in [6, 6.07) is 9.54. The smallest absolute Gasteiger partial charge is 0.262 e. The number of aromatic amines is 1. The van der Waals surface area contributed by atoms with Crippen molar-refractivity contribution in [2.24, 2.45) is 10.1 Å². The number of aromatic nitrogens is 2. The van der Waals surface area contributed by atoms with Crippen LogP contribution >= 0.6 is 11.3 Å². The first-order valence-corrected chi connectivity index (χ1v) is 9.58. The lowest BCUT2D eigenvalue weighted by Gasteiger charge is -2.18. The Kier molecular flexibility index (Phi) is 4.94. The van der Waals surface area contributed by atoms with E-state index in [1.165, 1.54) is 11.3 Å². The van der Waals surface area contributed by atoms with E-state index in [9.17, 15) is 4.79 Å². The quantitative estimate of drug-likeness (QED) is 0.515. The van der Waals surface area contributed by atoms with Crippen molar-refractivity contribution in [3.8, 4) is 17.0 Å². The van der Waals surface area contributed by atoms with Crippen molar-refractivity contribution in [3.05, 3.63) is 64.6 Å². The maximum absolute atomic E-state index is 11.6. The third kappa shape index (κ3) is 3.81. The molecule has 0 radical (unpaired) electrons. The van der Waals surface area contributed by atoms with Crippen LogP contribution in [0.2, 0.25) is 0 Å². The van der Waals surface area contributed by atoms with E-state index >= 15 is 0 Å². The second kappa shape index (κ2) is 7.69. The van der Waals surface area contributed by atoms with Crippen LogP contribution in [0.1, 0.15) is 12.6 Å². The van der Waals surface area contributed by atoms with Crippen LogP contribution in [0.15, 0.2) is 64.2 Å². The Morgan fingerprint density at radius 2 is 2.32 bits per heavy atom. The van der Waals surface area contributed by atoms with E-state index in [2.05, 4.69) is 27.0 Å². The summed E-state index contributed by atoms with van der Waals surface area (Å²) in [4.78, 5) is 20.1. The molecule has 142 valence electrons. The number of amides is 1. The zero-order valence-corrected chi connectivity index (χ0v) is 16.1. The van der Waals surface area contributed by atoms with E-state index in [4.69, 9.17) is 4.74 Å². The summed E-state index contributed by atoms with van der Waals surface area (Å²) in [6.45, 7) is 6.42. The highest BCUT2D eigenvalue weighted by Crippen LogP contribution is 2.32. The van der Waals surface area contributed by atoms with Crippen molar-refractivity contribution in [1.29, 1.82) is 0 Å². The highest BCUT2D eigenvalue weighted by Gasteiger charge is 2.17. The molecule has 4 rings (SSSR count). The first kappa shape index (κ1) is 18.0. The molecular weight excluding hydrogens is 374 g/mol. The van der Waals surface area contributed by atoms with Gasteiger partial charge in [0.1, 0.15) is 5.75 Å². The van der Waals surface area contributed by atoms with Gasteiger partial charge in [-0.15, -0.1) is 11.3 Å². The first-order chi connectivity index (χ1) is 13.6. The number of carbonyl (C=O) groups excluding carboxylic acids is 1. The highest BCUT2D eigenvalue weighted by atomic mass is 32.1. The van der Waals surface area contributed by atoms with Gasteiger partial charge in [-0.25, -0.2) is 4.68 Å². The Balaban J connectivity index is 1.78. The summed E-state index contributed by atoms with van der Waals surface area (Å²) in [5.41, 5.74) is 4.29. The van der Waals surface area contributed by atoms with Gasteiger partial charge >= 0.3 is 0 Å². The van der Waals surface area contributed by atoms with Gasteiger partial charge in [0.25, 0.3) is 5.91 Å². The van der Waals surface area contributed by atoms with Crippen molar-refractivity contribution in [3.63, 3.8) is 0 Å². The summed E-state index contributed by atoms with van der Waals surface area (Å²) < 4.78 is 7.24. The standard InChI is InChI=1S/C20H19N5O2S/c1-13(2)9-22-20-25(23-10-15-4-3-7-21-15)17(12-28-20)14-5-6-18-16(8-14)24-19(26)11-27-18/h3-8,10,12,21H,1,9,11H2,2H3,(H,24,26). The molecule has 0 saturated carbocycles. The molecule has 3 heterocycles. The van der Waals surface area contributed by atoms with Gasteiger partial charge in [-0.3, -0.25) is 9.79 Å². The normalized spacial score (nSPS) is 14.0. The second-order valence-corrected chi connectivity index (χ2v) is 7.24. The number of benzene rings is 1. The molecule has 0 bridgehead atoms. The van der Waals surface area contributed by atoms with Crippen LogP contribution in [0.5, 0.6) is 5.75 Å². The number of H-pyrrole nitrogens is 1. The fourth-order valence-corrected chi connectivity index (χ4v) is 3.54. The van der Waals surface area contributed by atoms with E-state index in [1.807, 2.05) is 48.8 Å². The average molecular weight is 393 g/mol. The maximum atomic E-state index is 11.6. The Morgan fingerprint density at radius 1 is 1.43 bits per heavy atom. The van der Waals surface area contributed by atoms with Gasteiger partial charge in [0, 0.05) is 17.1 Å². The van der Waals surface area contributed by atoms with Crippen molar-refractivity contribution >= 4 is 29.1 Å². The number of rotatable bonds is 5. The predicted octanol–water partition coefficient (Wildman–Crippen LogP) is 3.23. The van der Waals surface area contributed by atoms with Crippen LogP contribution in [0.25, 0.3) is 11.3 Å². The average Bonchev–Trinajstić information content (AvgIpc) is 3.33. The lowest BCUT2D eigenvalue weighted by Crippen LogP contribution is -2.25. The number of nitrogens with one attached hydrogen (secondary N) is 2. The molecule has 1 aliphatic rings. The number of fused-ring (bicyclic) bond motifs is 1. The van der Waals surface area contributed by atoms with Gasteiger partial charge in [0.2, 0.25) is 4.80 Å². The van der Waals surface area contributed by atoms with Crippen LogP contribution in [-0.2, 0) is 4.79 Å². The third-order valence-electron chi connectivity index (χ3n) is 4.01. The first-order valence-electron chi connectivity index (χ1n) is 8.70. The lowest BCUT2D eigenvalue weighted by molar-refractivity contribution is -0.118. The van der Waals surface area contributed by atoms with E-state index in [1.54, 1.807) is 10.9 Å². The molecule has 28 heavy (non-hydrogen) atoms. The van der Waals surface area contributed by atoms with Crippen LogP contribution in [-0.4, -0.2) is 34.9 Å². The van der Waals surface area contributed by atoms with Crippen molar-refractivity contribution in [2.75, 3.05) is 18.5 Å². The molecule has 0 saturated heterocycles. The molecule has 8 heteroatoms. The molecular formula is C20H19N5O2S. The van der Waals surface area contributed by atoms with E-state index < -0.39 is 0 Å². The molecule has 7 nitrogen and oxygen atoms in total. The van der Waals surface area contributed by atoms with Crippen LogP contribution in [0, 0.1) is 0 Å². The zero-order valence-electron chi connectivity index (χ0n) is 15.3. The summed E-state index contributed by atoms with van der Waals surface area (Å²) in [5.74, 6) is 0.497. The number of hydrogen-bond donors (Lipinski definition) is 2. The second-order valence-electron chi connectivity index (χ2n) is 6.41. The fourth-order valence-electron chi connectivity index (χ4n) is 2.71. The largest absolute Gasteiger partial charge is 0.482 e. The number of nitrogens with zero attached hydrogens (tertiary/aromatic N) is 3. The zero-order chi connectivity index (χ0) is 19.5. The summed E-state index contributed by atoms with van der Waals surface area (Å²) >= 11 is 1.50. The van der Waals surface area contributed by atoms with Gasteiger partial charge in [-0.1, -0.05) is 12.2 Å². The minimum atomic E-state index is -0.162. The molecule has 0 aliphatic carbocycles. The molecule has 1 aliphatic heterocycles. The molecule has 1 aromatic carbocycles. The van der Waals surface area contributed by atoms with Crippen molar-refractivity contribution in [1.82, 2.24) is 9.66 Å². The molecule has 0 spiro atoms. The Bertz CT molecular complexity index is 1120. The van der Waals surface area contributed by atoms with Crippen LogP contribution in [0.3, 0.4) is 0 Å². The molecule has 0 atom stereocenters. The Hall–Kier alpha value is -3.39. The van der Waals surface area contributed by atoms with Gasteiger partial charge in [0.15, 0.2) is 6.61 Å². The van der Waals surface area contributed by atoms with Crippen LogP contribution < -0.4 is 14.9 Å². The van der Waals surface area contributed by atoms with E-state index in [0.717, 1.165) is 27.3 Å². The minimum Gasteiger partial charge on any atom is -0.482 e. The van der Waals surface area contributed by atoms with Gasteiger partial charge in [-0.05, 0) is 37.3 Å². The maximum Gasteiger partial charge on any atom is 0.262 e. The van der Waals surface area contributed by atoms with Crippen molar-refractivity contribution in [2.45, 2.75) is 6.92 Å². The van der Waals surface area contributed by atoms with Crippen molar-refractivity contribution < 1.29 is 9.53 Å². The third-order valence-corrected chi connectivity index (χ3v) is 4.87. The number of ether oxygens (including phenoxy) is 1. The predicted molar refractivity (Wildman–Crippen MR) is 111 cm³/mol. The summed E-state index contributed by atoms with van der Waals surface area (Å²) in [6.07, 6.45) is 3.60. The van der Waals surface area contributed by atoms with Gasteiger partial charge < -0.3 is 15.0 Å². The summed E-state index contributed by atoms with van der Waals surface area (Å²) in [5, 5.41) is 9.46.